The maximum Gasteiger partial charge on any atom is 0.264 e. The van der Waals surface area contributed by atoms with Gasteiger partial charge in [0.25, 0.3) is 10.0 Å². The van der Waals surface area contributed by atoms with E-state index in [0.29, 0.717) is 16.3 Å². The molecular weight excluding hydrogens is 324 g/mol. The fourth-order valence-electron chi connectivity index (χ4n) is 1.61. The van der Waals surface area contributed by atoms with Gasteiger partial charge in [0.05, 0.1) is 5.69 Å². The van der Waals surface area contributed by atoms with Crippen molar-refractivity contribution in [1.29, 1.82) is 0 Å². The van der Waals surface area contributed by atoms with Crippen LogP contribution in [-0.2, 0) is 10.0 Å². The van der Waals surface area contributed by atoms with E-state index < -0.39 is 20.7 Å². The standard InChI is InChI=1S/C13H10Cl2FNO2S/c1-8-10(15)3-2-4-12(8)17-20(18,19)13-6-5-9(14)7-11(13)16/h2-7,17H,1H3. The Morgan fingerprint density at radius 3 is 2.50 bits per heavy atom. The molecule has 2 rings (SSSR count). The molecule has 0 unspecified atom stereocenters. The van der Waals surface area contributed by atoms with Crippen molar-refractivity contribution in [2.24, 2.45) is 0 Å². The van der Waals surface area contributed by atoms with E-state index in [1.54, 1.807) is 25.1 Å². The Morgan fingerprint density at radius 1 is 1.15 bits per heavy atom. The zero-order chi connectivity index (χ0) is 14.9. The summed E-state index contributed by atoms with van der Waals surface area (Å²) in [6.07, 6.45) is 0. The smallest absolute Gasteiger partial charge is 0.264 e. The predicted octanol–water partition coefficient (Wildman–Crippen LogP) is 4.24. The van der Waals surface area contributed by atoms with Gasteiger partial charge < -0.3 is 0 Å². The molecule has 0 aliphatic heterocycles. The van der Waals surface area contributed by atoms with Crippen LogP contribution < -0.4 is 4.72 Å². The minimum Gasteiger partial charge on any atom is -0.279 e. The minimum absolute atomic E-state index is 0.125. The van der Waals surface area contributed by atoms with Crippen molar-refractivity contribution in [3.63, 3.8) is 0 Å². The molecule has 0 saturated heterocycles. The second kappa shape index (κ2) is 5.60. The number of rotatable bonds is 3. The Bertz CT molecular complexity index is 763. The molecular formula is C13H10Cl2FNO2S. The first-order valence-electron chi connectivity index (χ1n) is 5.54. The molecule has 3 nitrogen and oxygen atoms in total. The largest absolute Gasteiger partial charge is 0.279 e. The molecule has 7 heteroatoms. The molecule has 0 atom stereocenters. The summed E-state index contributed by atoms with van der Waals surface area (Å²) >= 11 is 11.5. The van der Waals surface area contributed by atoms with E-state index in [2.05, 4.69) is 4.72 Å². The topological polar surface area (TPSA) is 46.2 Å². The van der Waals surface area contributed by atoms with Gasteiger partial charge in [0.1, 0.15) is 10.7 Å². The first-order chi connectivity index (χ1) is 9.31. The maximum atomic E-state index is 13.7. The third-order valence-corrected chi connectivity index (χ3v) is 4.74. The molecule has 0 saturated carbocycles. The number of hydrogen-bond acceptors (Lipinski definition) is 2. The molecule has 0 heterocycles. The van der Waals surface area contributed by atoms with Gasteiger partial charge in [-0.05, 0) is 42.8 Å². The van der Waals surface area contributed by atoms with Gasteiger partial charge in [0, 0.05) is 10.0 Å². The molecule has 0 spiro atoms. The lowest BCUT2D eigenvalue weighted by Gasteiger charge is -2.12. The average molecular weight is 334 g/mol. The van der Waals surface area contributed by atoms with Crippen LogP contribution >= 0.6 is 23.2 Å². The molecule has 0 radical (unpaired) electrons. The Labute approximate surface area is 126 Å². The number of benzene rings is 2. The molecule has 2 aromatic rings. The van der Waals surface area contributed by atoms with Gasteiger partial charge in [-0.25, -0.2) is 12.8 Å². The summed E-state index contributed by atoms with van der Waals surface area (Å²) < 4.78 is 40.3. The minimum atomic E-state index is -4.04. The van der Waals surface area contributed by atoms with Gasteiger partial charge in [-0.2, -0.15) is 0 Å². The maximum absolute atomic E-state index is 13.7. The monoisotopic (exact) mass is 333 g/mol. The Morgan fingerprint density at radius 2 is 1.85 bits per heavy atom. The summed E-state index contributed by atoms with van der Waals surface area (Å²) in [4.78, 5) is -0.471. The SMILES string of the molecule is Cc1c(Cl)cccc1NS(=O)(=O)c1ccc(Cl)cc1F. The first-order valence-corrected chi connectivity index (χ1v) is 7.78. The third-order valence-electron chi connectivity index (χ3n) is 2.70. The molecule has 0 aromatic heterocycles. The van der Waals surface area contributed by atoms with Gasteiger partial charge in [-0.1, -0.05) is 29.3 Å². The van der Waals surface area contributed by atoms with Crippen molar-refractivity contribution in [1.82, 2.24) is 0 Å². The van der Waals surface area contributed by atoms with Crippen LogP contribution in [0.25, 0.3) is 0 Å². The van der Waals surface area contributed by atoms with Crippen LogP contribution in [0.15, 0.2) is 41.3 Å². The lowest BCUT2D eigenvalue weighted by Crippen LogP contribution is -2.15. The Hall–Kier alpha value is -1.30. The molecule has 0 amide bonds. The average Bonchev–Trinajstić information content (AvgIpc) is 2.34. The van der Waals surface area contributed by atoms with E-state index in [0.717, 1.165) is 12.1 Å². The predicted molar refractivity (Wildman–Crippen MR) is 78.4 cm³/mol. The number of anilines is 1. The highest BCUT2D eigenvalue weighted by molar-refractivity contribution is 7.92. The number of nitrogens with one attached hydrogen (secondary N) is 1. The highest BCUT2D eigenvalue weighted by atomic mass is 35.5. The Kier molecular flexibility index (Phi) is 4.22. The van der Waals surface area contributed by atoms with E-state index in [9.17, 15) is 12.8 Å². The normalized spacial score (nSPS) is 11.4. The van der Waals surface area contributed by atoms with Crippen LogP contribution in [-0.4, -0.2) is 8.42 Å². The summed E-state index contributed by atoms with van der Waals surface area (Å²) in [5, 5.41) is 0.544. The van der Waals surface area contributed by atoms with Crippen molar-refractivity contribution >= 4 is 38.9 Å². The van der Waals surface area contributed by atoms with Crippen molar-refractivity contribution in [3.8, 4) is 0 Å². The van der Waals surface area contributed by atoms with Crippen LogP contribution in [0.1, 0.15) is 5.56 Å². The third kappa shape index (κ3) is 3.06. The van der Waals surface area contributed by atoms with Gasteiger partial charge in [0.15, 0.2) is 0 Å². The van der Waals surface area contributed by atoms with Crippen LogP contribution in [0.2, 0.25) is 10.0 Å². The summed E-state index contributed by atoms with van der Waals surface area (Å²) in [6, 6.07) is 8.15. The van der Waals surface area contributed by atoms with Gasteiger partial charge in [0.2, 0.25) is 0 Å². The second-order valence-corrected chi connectivity index (χ2v) is 6.59. The van der Waals surface area contributed by atoms with Crippen molar-refractivity contribution in [2.75, 3.05) is 4.72 Å². The van der Waals surface area contributed by atoms with E-state index in [-0.39, 0.29) is 5.02 Å². The second-order valence-electron chi connectivity index (χ2n) is 4.09. The highest BCUT2D eigenvalue weighted by Gasteiger charge is 2.20. The molecule has 0 aliphatic rings. The summed E-state index contributed by atoms with van der Waals surface area (Å²) in [6.45, 7) is 1.67. The molecule has 1 N–H and O–H groups in total. The zero-order valence-corrected chi connectivity index (χ0v) is 12.7. The van der Waals surface area contributed by atoms with Crippen LogP contribution in [0.4, 0.5) is 10.1 Å². The molecule has 2 aromatic carbocycles. The summed E-state index contributed by atoms with van der Waals surface area (Å²) in [5.74, 6) is -0.912. The Balaban J connectivity index is 2.44. The highest BCUT2D eigenvalue weighted by Crippen LogP contribution is 2.26. The number of sulfonamides is 1. The van der Waals surface area contributed by atoms with Crippen LogP contribution in [0, 0.1) is 12.7 Å². The summed E-state index contributed by atoms with van der Waals surface area (Å²) in [5.41, 5.74) is 0.860. The molecule has 0 aliphatic carbocycles. The van der Waals surface area contributed by atoms with Crippen LogP contribution in [0.5, 0.6) is 0 Å². The van der Waals surface area contributed by atoms with Crippen LogP contribution in [0.3, 0.4) is 0 Å². The fourth-order valence-corrected chi connectivity index (χ4v) is 3.13. The van der Waals surface area contributed by atoms with Crippen molar-refractivity contribution < 1.29 is 12.8 Å². The fraction of sp³-hybridized carbons (Fsp3) is 0.0769. The van der Waals surface area contributed by atoms with Gasteiger partial charge >= 0.3 is 0 Å². The number of halogens is 3. The van der Waals surface area contributed by atoms with Gasteiger partial charge in [-0.3, -0.25) is 4.72 Å². The first kappa shape index (κ1) is 15.1. The molecule has 0 fully saturated rings. The van der Waals surface area contributed by atoms with E-state index in [1.807, 2.05) is 0 Å². The summed E-state index contributed by atoms with van der Waals surface area (Å²) in [7, 11) is -4.04. The van der Waals surface area contributed by atoms with E-state index in [4.69, 9.17) is 23.2 Å². The number of hydrogen-bond donors (Lipinski definition) is 1. The quantitative estimate of drug-likeness (QED) is 0.912. The van der Waals surface area contributed by atoms with E-state index in [1.165, 1.54) is 6.07 Å². The van der Waals surface area contributed by atoms with Crippen molar-refractivity contribution in [3.05, 3.63) is 57.8 Å². The lowest BCUT2D eigenvalue weighted by atomic mass is 10.2. The van der Waals surface area contributed by atoms with E-state index >= 15 is 0 Å². The molecule has 106 valence electrons. The molecule has 0 bridgehead atoms. The zero-order valence-electron chi connectivity index (χ0n) is 10.3. The molecule has 20 heavy (non-hydrogen) atoms. The van der Waals surface area contributed by atoms with Crippen molar-refractivity contribution in [2.45, 2.75) is 11.8 Å². The van der Waals surface area contributed by atoms with Gasteiger partial charge in [-0.15, -0.1) is 0 Å². The lowest BCUT2D eigenvalue weighted by molar-refractivity contribution is 0.570.